The van der Waals surface area contributed by atoms with Crippen LogP contribution in [0.4, 0.5) is 5.69 Å². The normalized spacial score (nSPS) is 14.4. The van der Waals surface area contributed by atoms with Gasteiger partial charge in [-0.1, -0.05) is 6.07 Å². The first-order valence-electron chi connectivity index (χ1n) is 6.69. The summed E-state index contributed by atoms with van der Waals surface area (Å²) >= 11 is 0. The average molecular weight is 264 g/mol. The average Bonchev–Trinajstić information content (AvgIpc) is 3.14. The molecule has 0 aliphatic heterocycles. The van der Waals surface area contributed by atoms with Crippen molar-refractivity contribution in [2.75, 3.05) is 13.2 Å². The van der Waals surface area contributed by atoms with Gasteiger partial charge in [-0.05, 0) is 50.8 Å². The summed E-state index contributed by atoms with van der Waals surface area (Å²) in [5.41, 5.74) is 1.77. The molecule has 104 valence electrons. The molecule has 0 radical (unpaired) electrons. The van der Waals surface area contributed by atoms with E-state index in [0.717, 1.165) is 24.1 Å². The van der Waals surface area contributed by atoms with Crippen molar-refractivity contribution in [1.29, 1.82) is 0 Å². The third-order valence-corrected chi connectivity index (χ3v) is 3.17. The fraction of sp³-hybridized carbons (Fsp3) is 0.571. The van der Waals surface area contributed by atoms with E-state index in [1.807, 2.05) is 19.9 Å². The van der Waals surface area contributed by atoms with Gasteiger partial charge in [0, 0.05) is 12.1 Å². The van der Waals surface area contributed by atoms with Crippen molar-refractivity contribution in [3.05, 3.63) is 33.4 Å². The zero-order valence-electron chi connectivity index (χ0n) is 11.4. The zero-order valence-corrected chi connectivity index (χ0v) is 11.4. The van der Waals surface area contributed by atoms with E-state index in [-0.39, 0.29) is 10.6 Å². The number of hydrogen-bond acceptors (Lipinski definition) is 4. The highest BCUT2D eigenvalue weighted by molar-refractivity contribution is 5.53. The lowest BCUT2D eigenvalue weighted by molar-refractivity contribution is -0.386. The topological polar surface area (TPSA) is 64.4 Å². The highest BCUT2D eigenvalue weighted by atomic mass is 16.6. The summed E-state index contributed by atoms with van der Waals surface area (Å²) in [7, 11) is 0. The Balaban J connectivity index is 1.91. The van der Waals surface area contributed by atoms with E-state index in [1.165, 1.54) is 12.8 Å². The van der Waals surface area contributed by atoms with Gasteiger partial charge in [0.25, 0.3) is 0 Å². The molecule has 1 saturated carbocycles. The molecule has 0 aromatic heterocycles. The van der Waals surface area contributed by atoms with E-state index in [9.17, 15) is 10.1 Å². The SMILES string of the molecule is Cc1cc(C)c(OCCCNC2CC2)c([N+](=O)[O-])c1. The van der Waals surface area contributed by atoms with Gasteiger partial charge < -0.3 is 10.1 Å². The number of nitro benzene ring substituents is 1. The number of aryl methyl sites for hydroxylation is 2. The second-order valence-corrected chi connectivity index (χ2v) is 5.12. The molecule has 0 spiro atoms. The molecule has 1 fully saturated rings. The highest BCUT2D eigenvalue weighted by Crippen LogP contribution is 2.32. The Kier molecular flexibility index (Phi) is 4.37. The van der Waals surface area contributed by atoms with Gasteiger partial charge in [0.15, 0.2) is 5.75 Å². The molecule has 0 atom stereocenters. The van der Waals surface area contributed by atoms with Crippen LogP contribution in [0.25, 0.3) is 0 Å². The van der Waals surface area contributed by atoms with Crippen LogP contribution in [-0.2, 0) is 0 Å². The minimum atomic E-state index is -0.377. The fourth-order valence-electron chi connectivity index (χ4n) is 2.10. The molecule has 1 aliphatic carbocycles. The summed E-state index contributed by atoms with van der Waals surface area (Å²) in [6.45, 7) is 5.11. The maximum Gasteiger partial charge on any atom is 0.311 e. The molecule has 2 rings (SSSR count). The zero-order chi connectivity index (χ0) is 13.8. The first-order valence-corrected chi connectivity index (χ1v) is 6.69. The van der Waals surface area contributed by atoms with Crippen LogP contribution in [0.2, 0.25) is 0 Å². The first-order chi connectivity index (χ1) is 9.08. The lowest BCUT2D eigenvalue weighted by Crippen LogP contribution is -2.19. The standard InChI is InChI=1S/C14H20N2O3/c1-10-8-11(2)14(13(9-10)16(17)18)19-7-3-6-15-12-4-5-12/h8-9,12,15H,3-7H2,1-2H3. The molecule has 0 amide bonds. The number of nitro groups is 1. The largest absolute Gasteiger partial charge is 0.487 e. The monoisotopic (exact) mass is 264 g/mol. The van der Waals surface area contributed by atoms with Gasteiger partial charge in [-0.3, -0.25) is 10.1 Å². The van der Waals surface area contributed by atoms with E-state index in [2.05, 4.69) is 5.32 Å². The maximum atomic E-state index is 11.0. The molecule has 1 aromatic rings. The van der Waals surface area contributed by atoms with Crippen LogP contribution in [0.1, 0.15) is 30.4 Å². The second kappa shape index (κ2) is 6.02. The van der Waals surface area contributed by atoms with Gasteiger partial charge in [0.1, 0.15) is 0 Å². The van der Waals surface area contributed by atoms with Crippen molar-refractivity contribution in [3.8, 4) is 5.75 Å². The molecule has 19 heavy (non-hydrogen) atoms. The molecule has 0 unspecified atom stereocenters. The second-order valence-electron chi connectivity index (χ2n) is 5.12. The van der Waals surface area contributed by atoms with Crippen molar-refractivity contribution in [2.45, 2.75) is 39.2 Å². The van der Waals surface area contributed by atoms with Crippen LogP contribution in [0.5, 0.6) is 5.75 Å². The lowest BCUT2D eigenvalue weighted by atomic mass is 10.1. The molecule has 5 nitrogen and oxygen atoms in total. The smallest absolute Gasteiger partial charge is 0.311 e. The summed E-state index contributed by atoms with van der Waals surface area (Å²) in [5.74, 6) is 0.405. The Bertz CT molecular complexity index is 470. The van der Waals surface area contributed by atoms with E-state index >= 15 is 0 Å². The maximum absolute atomic E-state index is 11.0. The number of nitrogens with one attached hydrogen (secondary N) is 1. The Morgan fingerprint density at radius 2 is 2.16 bits per heavy atom. The number of benzene rings is 1. The Labute approximate surface area is 113 Å². The predicted molar refractivity (Wildman–Crippen MR) is 73.7 cm³/mol. The molecular formula is C14H20N2O3. The number of nitrogens with zero attached hydrogens (tertiary/aromatic N) is 1. The summed E-state index contributed by atoms with van der Waals surface area (Å²) < 4.78 is 5.60. The van der Waals surface area contributed by atoms with Crippen LogP contribution in [0.3, 0.4) is 0 Å². The van der Waals surface area contributed by atoms with Crippen LogP contribution in [-0.4, -0.2) is 24.1 Å². The van der Waals surface area contributed by atoms with E-state index in [4.69, 9.17) is 4.74 Å². The van der Waals surface area contributed by atoms with Gasteiger partial charge in [-0.2, -0.15) is 0 Å². The van der Waals surface area contributed by atoms with Gasteiger partial charge in [-0.25, -0.2) is 0 Å². The fourth-order valence-corrected chi connectivity index (χ4v) is 2.10. The quantitative estimate of drug-likeness (QED) is 0.467. The molecule has 0 heterocycles. The highest BCUT2D eigenvalue weighted by Gasteiger charge is 2.20. The summed E-state index contributed by atoms with van der Waals surface area (Å²) in [6.07, 6.45) is 3.40. The minimum Gasteiger partial charge on any atom is -0.487 e. The van der Waals surface area contributed by atoms with Crippen LogP contribution in [0, 0.1) is 24.0 Å². The number of ether oxygens (including phenoxy) is 1. The van der Waals surface area contributed by atoms with Crippen LogP contribution in [0.15, 0.2) is 12.1 Å². The Morgan fingerprint density at radius 3 is 2.79 bits per heavy atom. The van der Waals surface area contributed by atoms with Gasteiger partial charge >= 0.3 is 5.69 Å². The number of rotatable bonds is 7. The summed E-state index contributed by atoms with van der Waals surface area (Å²) in [4.78, 5) is 10.6. The van der Waals surface area contributed by atoms with Gasteiger partial charge in [-0.15, -0.1) is 0 Å². The van der Waals surface area contributed by atoms with Crippen molar-refractivity contribution >= 4 is 5.69 Å². The van der Waals surface area contributed by atoms with E-state index in [1.54, 1.807) is 6.07 Å². The van der Waals surface area contributed by atoms with Gasteiger partial charge in [0.05, 0.1) is 11.5 Å². The van der Waals surface area contributed by atoms with Crippen LogP contribution >= 0.6 is 0 Å². The molecule has 5 heteroatoms. The molecule has 0 bridgehead atoms. The van der Waals surface area contributed by atoms with E-state index in [0.29, 0.717) is 18.4 Å². The predicted octanol–water partition coefficient (Wildman–Crippen LogP) is 2.73. The summed E-state index contributed by atoms with van der Waals surface area (Å²) in [6, 6.07) is 4.16. The van der Waals surface area contributed by atoms with Gasteiger partial charge in [0.2, 0.25) is 0 Å². The third kappa shape index (κ3) is 3.92. The van der Waals surface area contributed by atoms with E-state index < -0.39 is 0 Å². The minimum absolute atomic E-state index is 0.0626. The van der Waals surface area contributed by atoms with Crippen molar-refractivity contribution in [2.24, 2.45) is 0 Å². The van der Waals surface area contributed by atoms with Crippen molar-refractivity contribution in [1.82, 2.24) is 5.32 Å². The molecule has 1 N–H and O–H groups in total. The Hall–Kier alpha value is -1.62. The molecular weight excluding hydrogens is 244 g/mol. The molecule has 1 aromatic carbocycles. The number of hydrogen-bond donors (Lipinski definition) is 1. The molecule has 0 saturated heterocycles. The third-order valence-electron chi connectivity index (χ3n) is 3.17. The van der Waals surface area contributed by atoms with Crippen molar-refractivity contribution < 1.29 is 9.66 Å². The lowest BCUT2D eigenvalue weighted by Gasteiger charge is -2.10. The Morgan fingerprint density at radius 1 is 1.42 bits per heavy atom. The molecule has 1 aliphatic rings. The summed E-state index contributed by atoms with van der Waals surface area (Å²) in [5, 5.41) is 14.4. The first kappa shape index (κ1) is 13.8. The van der Waals surface area contributed by atoms with Crippen molar-refractivity contribution in [3.63, 3.8) is 0 Å². The van der Waals surface area contributed by atoms with Crippen LogP contribution < -0.4 is 10.1 Å².